The number of rotatable bonds is 4. The third-order valence-electron chi connectivity index (χ3n) is 2.62. The Morgan fingerprint density at radius 3 is 2.26 bits per heavy atom. The lowest BCUT2D eigenvalue weighted by Crippen LogP contribution is -1.96. The molecular weight excluding hydrogens is 264 g/mol. The van der Waals surface area contributed by atoms with Crippen molar-refractivity contribution < 1.29 is 18.3 Å². The summed E-state index contributed by atoms with van der Waals surface area (Å²) >= 11 is 0. The molecule has 0 radical (unpaired) electrons. The molecule has 5 heteroatoms. The van der Waals surface area contributed by atoms with Gasteiger partial charge in [-0.25, -0.2) is 8.42 Å². The maximum atomic E-state index is 11.3. The first kappa shape index (κ1) is 13.6. The molecule has 0 unspecified atom stereocenters. The number of sulfone groups is 1. The zero-order chi connectivity index (χ0) is 13.9. The van der Waals surface area contributed by atoms with E-state index in [0.29, 0.717) is 17.1 Å². The van der Waals surface area contributed by atoms with E-state index in [1.54, 1.807) is 30.3 Å². The summed E-state index contributed by atoms with van der Waals surface area (Å²) in [6, 6.07) is 13.3. The summed E-state index contributed by atoms with van der Waals surface area (Å²) in [6.45, 7) is -0.113. The molecule has 0 aliphatic carbocycles. The Hall–Kier alpha value is -1.85. The number of aliphatic hydroxyl groups excluding tert-OH is 1. The van der Waals surface area contributed by atoms with E-state index in [2.05, 4.69) is 0 Å². The van der Waals surface area contributed by atoms with Crippen LogP contribution in [-0.2, 0) is 16.4 Å². The normalized spacial score (nSPS) is 11.3. The Labute approximate surface area is 112 Å². The average Bonchev–Trinajstić information content (AvgIpc) is 2.39. The number of hydrogen-bond donors (Lipinski definition) is 1. The molecule has 2 aromatic rings. The smallest absolute Gasteiger partial charge is 0.175 e. The fourth-order valence-electron chi connectivity index (χ4n) is 1.62. The third kappa shape index (κ3) is 3.33. The van der Waals surface area contributed by atoms with E-state index >= 15 is 0 Å². The van der Waals surface area contributed by atoms with Gasteiger partial charge in [0, 0.05) is 11.8 Å². The van der Waals surface area contributed by atoms with Crippen LogP contribution in [0.3, 0.4) is 0 Å². The lowest BCUT2D eigenvalue weighted by atomic mass is 10.2. The predicted molar refractivity (Wildman–Crippen MR) is 72.0 cm³/mol. The fourth-order valence-corrected chi connectivity index (χ4v) is 2.25. The quantitative estimate of drug-likeness (QED) is 0.932. The molecule has 0 bridgehead atoms. The van der Waals surface area contributed by atoms with Crippen molar-refractivity contribution in [2.45, 2.75) is 11.5 Å². The Balaban J connectivity index is 2.25. The lowest BCUT2D eigenvalue weighted by molar-refractivity contribution is 0.276. The highest BCUT2D eigenvalue weighted by molar-refractivity contribution is 7.90. The summed E-state index contributed by atoms with van der Waals surface area (Å²) in [4.78, 5) is 0.246. The minimum atomic E-state index is -3.20. The highest BCUT2D eigenvalue weighted by Gasteiger charge is 2.07. The van der Waals surface area contributed by atoms with Gasteiger partial charge in [0.1, 0.15) is 11.5 Å². The van der Waals surface area contributed by atoms with Gasteiger partial charge in [-0.15, -0.1) is 0 Å². The van der Waals surface area contributed by atoms with E-state index in [1.807, 2.05) is 6.07 Å². The summed E-state index contributed by atoms with van der Waals surface area (Å²) in [5, 5.41) is 9.19. The van der Waals surface area contributed by atoms with Crippen LogP contribution >= 0.6 is 0 Å². The Kier molecular flexibility index (Phi) is 3.87. The molecule has 1 N–H and O–H groups in total. The number of ether oxygens (including phenoxy) is 1. The average molecular weight is 278 g/mol. The van der Waals surface area contributed by atoms with Crippen molar-refractivity contribution in [3.8, 4) is 11.5 Å². The van der Waals surface area contributed by atoms with Crippen LogP contribution in [0.4, 0.5) is 0 Å². The molecule has 2 rings (SSSR count). The number of benzene rings is 2. The molecule has 0 spiro atoms. The first-order valence-electron chi connectivity index (χ1n) is 5.67. The molecular formula is C14H14O4S. The highest BCUT2D eigenvalue weighted by atomic mass is 32.2. The van der Waals surface area contributed by atoms with Gasteiger partial charge in [-0.2, -0.15) is 0 Å². The van der Waals surface area contributed by atoms with Gasteiger partial charge in [-0.1, -0.05) is 18.2 Å². The SMILES string of the molecule is CS(=O)(=O)c1ccc(Oc2ccccc2CO)cc1. The van der Waals surface area contributed by atoms with E-state index in [1.165, 1.54) is 12.1 Å². The van der Waals surface area contributed by atoms with Crippen molar-refractivity contribution in [1.82, 2.24) is 0 Å². The van der Waals surface area contributed by atoms with Gasteiger partial charge in [0.25, 0.3) is 0 Å². The maximum Gasteiger partial charge on any atom is 0.175 e. The largest absolute Gasteiger partial charge is 0.457 e. The molecule has 0 saturated heterocycles. The Bertz CT molecular complexity index is 660. The van der Waals surface area contributed by atoms with E-state index in [9.17, 15) is 13.5 Å². The predicted octanol–water partition coefficient (Wildman–Crippen LogP) is 2.37. The molecule has 2 aromatic carbocycles. The topological polar surface area (TPSA) is 63.6 Å². The van der Waals surface area contributed by atoms with Crippen molar-refractivity contribution in [1.29, 1.82) is 0 Å². The summed E-state index contributed by atoms with van der Waals surface area (Å²) in [6.07, 6.45) is 1.16. The van der Waals surface area contributed by atoms with Gasteiger partial charge in [-0.05, 0) is 30.3 Å². The standard InChI is InChI=1S/C14H14O4S/c1-19(16,17)13-8-6-12(7-9-13)18-14-5-3-2-4-11(14)10-15/h2-9,15H,10H2,1H3. The Morgan fingerprint density at radius 2 is 1.68 bits per heavy atom. The van der Waals surface area contributed by atoms with Crippen LogP contribution in [0.15, 0.2) is 53.4 Å². The van der Waals surface area contributed by atoms with Crippen LogP contribution in [0.1, 0.15) is 5.56 Å². The minimum absolute atomic E-state index is 0.113. The number of aliphatic hydroxyl groups is 1. The summed E-state index contributed by atoms with van der Waals surface area (Å²) in [5.74, 6) is 1.07. The molecule has 0 aromatic heterocycles. The van der Waals surface area contributed by atoms with Crippen LogP contribution < -0.4 is 4.74 Å². The van der Waals surface area contributed by atoms with Crippen molar-refractivity contribution >= 4 is 9.84 Å². The molecule has 0 aliphatic rings. The molecule has 0 saturated carbocycles. The van der Waals surface area contributed by atoms with Gasteiger partial charge in [-0.3, -0.25) is 0 Å². The number of para-hydroxylation sites is 1. The van der Waals surface area contributed by atoms with Crippen LogP contribution in [0.2, 0.25) is 0 Å². The molecule has 0 fully saturated rings. The van der Waals surface area contributed by atoms with Gasteiger partial charge >= 0.3 is 0 Å². The summed E-state index contributed by atoms with van der Waals surface area (Å²) in [5.41, 5.74) is 0.676. The molecule has 19 heavy (non-hydrogen) atoms. The lowest BCUT2D eigenvalue weighted by Gasteiger charge is -2.09. The molecule has 0 atom stereocenters. The fraction of sp³-hybridized carbons (Fsp3) is 0.143. The second-order valence-corrected chi connectivity index (χ2v) is 6.13. The highest BCUT2D eigenvalue weighted by Crippen LogP contribution is 2.26. The van der Waals surface area contributed by atoms with E-state index < -0.39 is 9.84 Å². The van der Waals surface area contributed by atoms with Gasteiger partial charge < -0.3 is 9.84 Å². The Morgan fingerprint density at radius 1 is 1.05 bits per heavy atom. The summed E-state index contributed by atoms with van der Waals surface area (Å²) < 4.78 is 28.3. The van der Waals surface area contributed by atoms with Gasteiger partial charge in [0.15, 0.2) is 9.84 Å². The van der Waals surface area contributed by atoms with Crippen LogP contribution in [-0.4, -0.2) is 19.8 Å². The van der Waals surface area contributed by atoms with Crippen molar-refractivity contribution in [3.63, 3.8) is 0 Å². The third-order valence-corrected chi connectivity index (χ3v) is 3.75. The zero-order valence-corrected chi connectivity index (χ0v) is 11.2. The minimum Gasteiger partial charge on any atom is -0.457 e. The zero-order valence-electron chi connectivity index (χ0n) is 10.4. The first-order valence-corrected chi connectivity index (χ1v) is 7.56. The summed E-state index contributed by atoms with van der Waals surface area (Å²) in [7, 11) is -3.20. The molecule has 4 nitrogen and oxygen atoms in total. The van der Waals surface area contributed by atoms with Gasteiger partial charge in [0.2, 0.25) is 0 Å². The number of hydrogen-bond acceptors (Lipinski definition) is 4. The van der Waals surface area contributed by atoms with E-state index in [-0.39, 0.29) is 11.5 Å². The monoisotopic (exact) mass is 278 g/mol. The van der Waals surface area contributed by atoms with E-state index in [0.717, 1.165) is 6.26 Å². The van der Waals surface area contributed by atoms with Crippen molar-refractivity contribution in [2.24, 2.45) is 0 Å². The maximum absolute atomic E-state index is 11.3. The van der Waals surface area contributed by atoms with Crippen molar-refractivity contribution in [2.75, 3.05) is 6.26 Å². The van der Waals surface area contributed by atoms with Crippen LogP contribution in [0, 0.1) is 0 Å². The second-order valence-electron chi connectivity index (χ2n) is 4.11. The van der Waals surface area contributed by atoms with Crippen LogP contribution in [0.25, 0.3) is 0 Å². The first-order chi connectivity index (χ1) is 9.00. The molecule has 100 valence electrons. The molecule has 0 heterocycles. The molecule has 0 amide bonds. The van der Waals surface area contributed by atoms with Gasteiger partial charge in [0.05, 0.1) is 11.5 Å². The molecule has 0 aliphatic heterocycles. The van der Waals surface area contributed by atoms with E-state index in [4.69, 9.17) is 4.74 Å². The van der Waals surface area contributed by atoms with Crippen LogP contribution in [0.5, 0.6) is 11.5 Å². The van der Waals surface area contributed by atoms with Crippen molar-refractivity contribution in [3.05, 3.63) is 54.1 Å². The second kappa shape index (κ2) is 5.42.